The summed E-state index contributed by atoms with van der Waals surface area (Å²) < 4.78 is 0. The van der Waals surface area contributed by atoms with E-state index in [1.54, 1.807) is 18.2 Å². The lowest BCUT2D eigenvalue weighted by molar-refractivity contribution is 0.0861. The van der Waals surface area contributed by atoms with Crippen LogP contribution in [0.25, 0.3) is 0 Å². The van der Waals surface area contributed by atoms with Crippen molar-refractivity contribution in [1.29, 1.82) is 0 Å². The average Bonchev–Trinajstić information content (AvgIpc) is 3.10. The maximum Gasteiger partial charge on any atom is 0.181 e. The van der Waals surface area contributed by atoms with Crippen LogP contribution in [0.1, 0.15) is 30.1 Å². The average molecular weight is 272 g/mol. The first kappa shape index (κ1) is 12.9. The Balaban J connectivity index is 2.18. The smallest absolute Gasteiger partial charge is 0.181 e. The summed E-state index contributed by atoms with van der Waals surface area (Å²) in [4.78, 5) is 14.4. The molecule has 1 fully saturated rings. The number of Topliss-reactive ketones (excluding diaryl/α,β-unsaturated/α-hetero) is 1. The van der Waals surface area contributed by atoms with Gasteiger partial charge in [-0.1, -0.05) is 23.2 Å². The molecule has 0 N–H and O–H groups in total. The van der Waals surface area contributed by atoms with Crippen molar-refractivity contribution in [2.45, 2.75) is 31.8 Å². The SMILES string of the molecule is CC(C(=O)c1ccc(Cl)cc1Cl)N(C)C1CC1. The lowest BCUT2D eigenvalue weighted by Gasteiger charge is -2.23. The first-order valence-electron chi connectivity index (χ1n) is 5.72. The number of hydrogen-bond acceptors (Lipinski definition) is 2. The van der Waals surface area contributed by atoms with Crippen molar-refractivity contribution >= 4 is 29.0 Å². The molecule has 1 aromatic carbocycles. The van der Waals surface area contributed by atoms with Crippen LogP contribution in [0.4, 0.5) is 0 Å². The van der Waals surface area contributed by atoms with E-state index >= 15 is 0 Å². The highest BCUT2D eigenvalue weighted by molar-refractivity contribution is 6.37. The van der Waals surface area contributed by atoms with Gasteiger partial charge in [0, 0.05) is 16.6 Å². The van der Waals surface area contributed by atoms with Gasteiger partial charge in [-0.05, 0) is 45.0 Å². The van der Waals surface area contributed by atoms with Crippen LogP contribution in [0, 0.1) is 0 Å². The highest BCUT2D eigenvalue weighted by Crippen LogP contribution is 2.29. The molecule has 1 aliphatic carbocycles. The summed E-state index contributed by atoms with van der Waals surface area (Å²) in [7, 11) is 1.99. The van der Waals surface area contributed by atoms with Crippen LogP contribution >= 0.6 is 23.2 Å². The molecule has 0 heterocycles. The van der Waals surface area contributed by atoms with Crippen LogP contribution in [0.3, 0.4) is 0 Å². The minimum Gasteiger partial charge on any atom is -0.294 e. The Morgan fingerprint density at radius 2 is 2.06 bits per heavy atom. The second-order valence-corrected chi connectivity index (χ2v) is 5.40. The molecule has 1 atom stereocenters. The van der Waals surface area contributed by atoms with Crippen molar-refractivity contribution in [2.24, 2.45) is 0 Å². The zero-order valence-electron chi connectivity index (χ0n) is 9.91. The van der Waals surface area contributed by atoms with Gasteiger partial charge in [0.1, 0.15) is 0 Å². The number of rotatable bonds is 4. The van der Waals surface area contributed by atoms with E-state index in [0.29, 0.717) is 21.7 Å². The number of benzene rings is 1. The fraction of sp³-hybridized carbons (Fsp3) is 0.462. The Kier molecular flexibility index (Phi) is 3.76. The van der Waals surface area contributed by atoms with E-state index in [0.717, 1.165) is 0 Å². The maximum absolute atomic E-state index is 12.3. The number of nitrogens with zero attached hydrogens (tertiary/aromatic N) is 1. The predicted molar refractivity (Wildman–Crippen MR) is 71.0 cm³/mol. The van der Waals surface area contributed by atoms with Gasteiger partial charge in [-0.3, -0.25) is 9.69 Å². The predicted octanol–water partition coefficient (Wildman–Crippen LogP) is 3.66. The van der Waals surface area contributed by atoms with Crippen molar-refractivity contribution in [3.63, 3.8) is 0 Å². The molecule has 0 bridgehead atoms. The highest BCUT2D eigenvalue weighted by Gasteiger charge is 2.32. The zero-order chi connectivity index (χ0) is 12.6. The topological polar surface area (TPSA) is 20.3 Å². The minimum absolute atomic E-state index is 0.0565. The van der Waals surface area contributed by atoms with Crippen molar-refractivity contribution in [2.75, 3.05) is 7.05 Å². The van der Waals surface area contributed by atoms with Crippen LogP contribution in [-0.2, 0) is 0 Å². The molecular formula is C13H15Cl2NO. The highest BCUT2D eigenvalue weighted by atomic mass is 35.5. The van der Waals surface area contributed by atoms with Gasteiger partial charge < -0.3 is 0 Å². The van der Waals surface area contributed by atoms with Gasteiger partial charge in [-0.2, -0.15) is 0 Å². The van der Waals surface area contributed by atoms with Gasteiger partial charge in [-0.15, -0.1) is 0 Å². The minimum atomic E-state index is -0.138. The summed E-state index contributed by atoms with van der Waals surface area (Å²) in [5.74, 6) is 0.0565. The van der Waals surface area contributed by atoms with Crippen LogP contribution in [0.15, 0.2) is 18.2 Å². The van der Waals surface area contributed by atoms with E-state index in [4.69, 9.17) is 23.2 Å². The first-order chi connectivity index (χ1) is 8.00. The van der Waals surface area contributed by atoms with Gasteiger partial charge >= 0.3 is 0 Å². The normalized spacial score (nSPS) is 17.2. The van der Waals surface area contributed by atoms with Crippen molar-refractivity contribution in [1.82, 2.24) is 4.90 Å². The number of halogens is 2. The number of likely N-dealkylation sites (N-methyl/N-ethyl adjacent to an activating group) is 1. The number of hydrogen-bond donors (Lipinski definition) is 0. The molecule has 1 aromatic rings. The van der Waals surface area contributed by atoms with Gasteiger partial charge in [-0.25, -0.2) is 0 Å². The van der Waals surface area contributed by atoms with E-state index in [-0.39, 0.29) is 11.8 Å². The largest absolute Gasteiger partial charge is 0.294 e. The Morgan fingerprint density at radius 1 is 1.41 bits per heavy atom. The summed E-state index contributed by atoms with van der Waals surface area (Å²) in [6.07, 6.45) is 2.37. The van der Waals surface area contributed by atoms with Crippen molar-refractivity contribution in [3.8, 4) is 0 Å². The van der Waals surface area contributed by atoms with E-state index in [1.807, 2.05) is 14.0 Å². The summed E-state index contributed by atoms with van der Waals surface area (Å²) in [6.45, 7) is 1.92. The summed E-state index contributed by atoms with van der Waals surface area (Å²) in [6, 6.07) is 5.43. The maximum atomic E-state index is 12.3. The van der Waals surface area contributed by atoms with E-state index in [1.165, 1.54) is 12.8 Å². The molecule has 2 rings (SSSR count). The molecule has 0 aromatic heterocycles. The van der Waals surface area contributed by atoms with E-state index in [9.17, 15) is 4.79 Å². The molecule has 2 nitrogen and oxygen atoms in total. The molecular weight excluding hydrogens is 257 g/mol. The van der Waals surface area contributed by atoms with E-state index in [2.05, 4.69) is 4.90 Å². The van der Waals surface area contributed by atoms with Crippen molar-refractivity contribution < 1.29 is 4.79 Å². The lowest BCUT2D eigenvalue weighted by Crippen LogP contribution is -2.37. The third-order valence-electron chi connectivity index (χ3n) is 3.31. The molecule has 0 amide bonds. The molecule has 0 spiro atoms. The van der Waals surface area contributed by atoms with Gasteiger partial charge in [0.2, 0.25) is 0 Å². The summed E-state index contributed by atoms with van der Waals surface area (Å²) in [5, 5.41) is 0.980. The molecule has 4 heteroatoms. The van der Waals surface area contributed by atoms with Gasteiger partial charge in [0.05, 0.1) is 11.1 Å². The van der Waals surface area contributed by atoms with Crippen LogP contribution in [0.5, 0.6) is 0 Å². The number of carbonyl (C=O) groups excluding carboxylic acids is 1. The third-order valence-corrected chi connectivity index (χ3v) is 3.86. The molecule has 17 heavy (non-hydrogen) atoms. The Labute approximate surface area is 112 Å². The zero-order valence-corrected chi connectivity index (χ0v) is 11.4. The fourth-order valence-corrected chi connectivity index (χ4v) is 2.40. The van der Waals surface area contributed by atoms with Gasteiger partial charge in [0.15, 0.2) is 5.78 Å². The molecule has 0 aliphatic heterocycles. The summed E-state index contributed by atoms with van der Waals surface area (Å²) in [5.41, 5.74) is 0.552. The molecule has 0 radical (unpaired) electrons. The monoisotopic (exact) mass is 271 g/mol. The molecule has 92 valence electrons. The quantitative estimate of drug-likeness (QED) is 0.779. The first-order valence-corrected chi connectivity index (χ1v) is 6.47. The van der Waals surface area contributed by atoms with E-state index < -0.39 is 0 Å². The van der Waals surface area contributed by atoms with Gasteiger partial charge in [0.25, 0.3) is 0 Å². The standard InChI is InChI=1S/C13H15Cl2NO/c1-8(16(2)10-4-5-10)13(17)11-6-3-9(14)7-12(11)15/h3,6-8,10H,4-5H2,1-2H3. The molecule has 1 unspecified atom stereocenters. The Hall–Kier alpha value is -0.570. The number of ketones is 1. The Morgan fingerprint density at radius 3 is 2.59 bits per heavy atom. The van der Waals surface area contributed by atoms with Crippen LogP contribution in [-0.4, -0.2) is 29.8 Å². The third kappa shape index (κ3) is 2.82. The molecule has 1 saturated carbocycles. The second kappa shape index (κ2) is 4.97. The number of carbonyl (C=O) groups is 1. The fourth-order valence-electron chi connectivity index (χ4n) is 1.90. The van der Waals surface area contributed by atoms with Crippen LogP contribution in [0.2, 0.25) is 10.0 Å². The molecule has 0 saturated heterocycles. The second-order valence-electron chi connectivity index (χ2n) is 4.56. The van der Waals surface area contributed by atoms with Crippen molar-refractivity contribution in [3.05, 3.63) is 33.8 Å². The molecule has 1 aliphatic rings. The Bertz CT molecular complexity index is 443. The van der Waals surface area contributed by atoms with Crippen LogP contribution < -0.4 is 0 Å². The lowest BCUT2D eigenvalue weighted by atomic mass is 10.0. The summed E-state index contributed by atoms with van der Waals surface area (Å²) >= 11 is 11.9.